The molecule has 0 radical (unpaired) electrons. The molecule has 2 aromatic heterocycles. The Balaban J connectivity index is 1.47. The van der Waals surface area contributed by atoms with Crippen LogP contribution in [0.2, 0.25) is 0 Å². The van der Waals surface area contributed by atoms with Crippen molar-refractivity contribution in [1.82, 2.24) is 24.9 Å². The first-order chi connectivity index (χ1) is 15.6. The van der Waals surface area contributed by atoms with Crippen molar-refractivity contribution >= 4 is 11.8 Å². The molecule has 5 rings (SSSR count). The van der Waals surface area contributed by atoms with Gasteiger partial charge in [0.25, 0.3) is 0 Å². The Morgan fingerprint density at radius 1 is 1.00 bits per heavy atom. The number of benzene rings is 2. The Morgan fingerprint density at radius 2 is 1.81 bits per heavy atom. The fourth-order valence-corrected chi connectivity index (χ4v) is 4.28. The molecule has 3 heterocycles. The zero-order valence-corrected chi connectivity index (χ0v) is 18.9. The summed E-state index contributed by atoms with van der Waals surface area (Å²) < 4.78 is 18.6. The first kappa shape index (κ1) is 20.6. The van der Waals surface area contributed by atoms with E-state index >= 15 is 0 Å². The van der Waals surface area contributed by atoms with Crippen LogP contribution in [0.25, 0.3) is 11.4 Å². The highest BCUT2D eigenvalue weighted by Gasteiger charge is 2.23. The average molecular weight is 450 g/mol. The molecule has 0 saturated heterocycles. The average Bonchev–Trinajstić information content (AvgIpc) is 3.54. The SMILES string of the molecule is CC(C)c1noc(C(C)Sc2nnc(-c3ccccc3)n2Cc2ccc3c(c2)OCO3)n1. The van der Waals surface area contributed by atoms with E-state index in [1.165, 1.54) is 0 Å². The topological polar surface area (TPSA) is 88.1 Å². The molecule has 0 N–H and O–H groups in total. The fourth-order valence-electron chi connectivity index (χ4n) is 3.40. The number of ether oxygens (including phenoxy) is 2. The summed E-state index contributed by atoms with van der Waals surface area (Å²) in [6, 6.07) is 16.0. The van der Waals surface area contributed by atoms with Crippen molar-refractivity contribution in [3.8, 4) is 22.9 Å². The van der Waals surface area contributed by atoms with Gasteiger partial charge in [0.1, 0.15) is 0 Å². The summed E-state index contributed by atoms with van der Waals surface area (Å²) in [5.41, 5.74) is 2.07. The molecule has 0 amide bonds. The minimum atomic E-state index is -0.0710. The summed E-state index contributed by atoms with van der Waals surface area (Å²) in [6.07, 6.45) is 0. The summed E-state index contributed by atoms with van der Waals surface area (Å²) in [4.78, 5) is 4.54. The van der Waals surface area contributed by atoms with E-state index in [1.807, 2.05) is 69.3 Å². The van der Waals surface area contributed by atoms with Crippen LogP contribution < -0.4 is 9.47 Å². The van der Waals surface area contributed by atoms with Crippen LogP contribution in [0.4, 0.5) is 0 Å². The summed E-state index contributed by atoms with van der Waals surface area (Å²) in [7, 11) is 0. The van der Waals surface area contributed by atoms with Crippen LogP contribution in [0.1, 0.15) is 49.2 Å². The van der Waals surface area contributed by atoms with Gasteiger partial charge in [0.15, 0.2) is 28.3 Å². The molecule has 0 bridgehead atoms. The number of nitrogens with zero attached hydrogens (tertiary/aromatic N) is 5. The van der Waals surface area contributed by atoms with Gasteiger partial charge in [-0.1, -0.05) is 67.2 Å². The van der Waals surface area contributed by atoms with Gasteiger partial charge in [-0.05, 0) is 24.6 Å². The molecule has 9 heteroatoms. The minimum Gasteiger partial charge on any atom is -0.454 e. The maximum atomic E-state index is 5.55. The van der Waals surface area contributed by atoms with Crippen LogP contribution in [-0.4, -0.2) is 31.7 Å². The van der Waals surface area contributed by atoms with E-state index in [-0.39, 0.29) is 18.0 Å². The third-order valence-electron chi connectivity index (χ3n) is 5.13. The normalized spacial score (nSPS) is 13.6. The highest BCUT2D eigenvalue weighted by Crippen LogP contribution is 2.37. The third-order valence-corrected chi connectivity index (χ3v) is 6.20. The van der Waals surface area contributed by atoms with Gasteiger partial charge in [-0.15, -0.1) is 10.2 Å². The molecule has 8 nitrogen and oxygen atoms in total. The van der Waals surface area contributed by atoms with E-state index in [2.05, 4.69) is 24.9 Å². The lowest BCUT2D eigenvalue weighted by Crippen LogP contribution is -2.05. The lowest BCUT2D eigenvalue weighted by Gasteiger charge is -2.12. The molecule has 1 aliphatic heterocycles. The number of rotatable bonds is 7. The Labute approximate surface area is 190 Å². The monoisotopic (exact) mass is 449 g/mol. The molecule has 0 saturated carbocycles. The van der Waals surface area contributed by atoms with Crippen LogP contribution >= 0.6 is 11.8 Å². The zero-order chi connectivity index (χ0) is 22.1. The van der Waals surface area contributed by atoms with Crippen molar-refractivity contribution in [2.24, 2.45) is 0 Å². The summed E-state index contributed by atoms with van der Waals surface area (Å²) in [5, 5.41) is 13.8. The van der Waals surface area contributed by atoms with Crippen LogP contribution in [-0.2, 0) is 6.54 Å². The third kappa shape index (κ3) is 4.08. The number of hydrogen-bond donors (Lipinski definition) is 0. The first-order valence-corrected chi connectivity index (χ1v) is 11.3. The standard InChI is InChI=1S/C23H23N5O3S/c1-14(2)20-24-22(31-27-20)15(3)32-23-26-25-21(17-7-5-4-6-8-17)28(23)12-16-9-10-18-19(11-16)30-13-29-18/h4-11,14-15H,12-13H2,1-3H3. The highest BCUT2D eigenvalue weighted by atomic mass is 32.2. The second kappa shape index (κ2) is 8.66. The fraction of sp³-hybridized carbons (Fsp3) is 0.304. The number of aromatic nitrogens is 5. The maximum Gasteiger partial charge on any atom is 0.239 e. The van der Waals surface area contributed by atoms with Crippen LogP contribution in [0.3, 0.4) is 0 Å². The van der Waals surface area contributed by atoms with Crippen molar-refractivity contribution in [2.45, 2.75) is 43.6 Å². The van der Waals surface area contributed by atoms with E-state index in [1.54, 1.807) is 11.8 Å². The van der Waals surface area contributed by atoms with E-state index < -0.39 is 0 Å². The molecule has 2 aromatic carbocycles. The van der Waals surface area contributed by atoms with Gasteiger partial charge in [-0.25, -0.2) is 0 Å². The molecule has 32 heavy (non-hydrogen) atoms. The summed E-state index contributed by atoms with van der Waals surface area (Å²) in [5.74, 6) is 3.82. The molecular formula is C23H23N5O3S. The van der Waals surface area contributed by atoms with Crippen LogP contribution in [0, 0.1) is 0 Å². The van der Waals surface area contributed by atoms with Crippen LogP contribution in [0.15, 0.2) is 58.2 Å². The molecule has 1 atom stereocenters. The quantitative estimate of drug-likeness (QED) is 0.361. The predicted octanol–water partition coefficient (Wildman–Crippen LogP) is 5.08. The van der Waals surface area contributed by atoms with Crippen molar-refractivity contribution in [3.63, 3.8) is 0 Å². The molecule has 1 aliphatic rings. The smallest absolute Gasteiger partial charge is 0.239 e. The molecule has 4 aromatic rings. The largest absolute Gasteiger partial charge is 0.454 e. The maximum absolute atomic E-state index is 5.55. The molecule has 1 unspecified atom stereocenters. The van der Waals surface area contributed by atoms with E-state index in [9.17, 15) is 0 Å². The first-order valence-electron chi connectivity index (χ1n) is 10.5. The molecular weight excluding hydrogens is 426 g/mol. The summed E-state index contributed by atoms with van der Waals surface area (Å²) in [6.45, 7) is 6.96. The highest BCUT2D eigenvalue weighted by molar-refractivity contribution is 7.99. The van der Waals surface area contributed by atoms with Gasteiger partial charge in [0.05, 0.1) is 11.8 Å². The Kier molecular flexibility index (Phi) is 5.57. The molecule has 0 spiro atoms. The van der Waals surface area contributed by atoms with E-state index in [4.69, 9.17) is 14.0 Å². The Morgan fingerprint density at radius 3 is 2.59 bits per heavy atom. The van der Waals surface area contributed by atoms with E-state index in [0.29, 0.717) is 18.3 Å². The van der Waals surface area contributed by atoms with Gasteiger partial charge in [-0.3, -0.25) is 4.57 Å². The molecule has 0 fully saturated rings. The van der Waals surface area contributed by atoms with E-state index in [0.717, 1.165) is 33.6 Å². The Hall–Kier alpha value is -3.33. The number of thioether (sulfide) groups is 1. The van der Waals surface area contributed by atoms with Gasteiger partial charge >= 0.3 is 0 Å². The Bertz CT molecular complexity index is 1220. The van der Waals surface area contributed by atoms with Crippen molar-refractivity contribution in [1.29, 1.82) is 0 Å². The van der Waals surface area contributed by atoms with Gasteiger partial charge in [0, 0.05) is 11.5 Å². The second-order valence-corrected chi connectivity index (χ2v) is 9.16. The van der Waals surface area contributed by atoms with Gasteiger partial charge in [0.2, 0.25) is 12.7 Å². The minimum absolute atomic E-state index is 0.0710. The van der Waals surface area contributed by atoms with Crippen molar-refractivity contribution in [3.05, 3.63) is 65.8 Å². The van der Waals surface area contributed by atoms with Crippen molar-refractivity contribution in [2.75, 3.05) is 6.79 Å². The van der Waals surface area contributed by atoms with Gasteiger partial charge < -0.3 is 14.0 Å². The van der Waals surface area contributed by atoms with Crippen LogP contribution in [0.5, 0.6) is 11.5 Å². The summed E-state index contributed by atoms with van der Waals surface area (Å²) >= 11 is 1.55. The molecule has 0 aliphatic carbocycles. The lowest BCUT2D eigenvalue weighted by molar-refractivity contribution is 0.174. The van der Waals surface area contributed by atoms with Crippen molar-refractivity contribution < 1.29 is 14.0 Å². The van der Waals surface area contributed by atoms with Gasteiger partial charge in [-0.2, -0.15) is 4.98 Å². The zero-order valence-electron chi connectivity index (χ0n) is 18.1. The number of hydrogen-bond acceptors (Lipinski definition) is 8. The second-order valence-electron chi connectivity index (χ2n) is 7.85. The predicted molar refractivity (Wildman–Crippen MR) is 120 cm³/mol. The lowest BCUT2D eigenvalue weighted by atomic mass is 10.2. The number of fused-ring (bicyclic) bond motifs is 1. The molecule has 164 valence electrons.